The molecule has 2 heterocycles. The van der Waals surface area contributed by atoms with Crippen molar-refractivity contribution < 1.29 is 14.4 Å². The fourth-order valence-corrected chi connectivity index (χ4v) is 2.76. The van der Waals surface area contributed by atoms with E-state index in [-0.39, 0.29) is 5.91 Å². The summed E-state index contributed by atoms with van der Waals surface area (Å²) in [6.45, 7) is 7.03. The molecule has 0 aliphatic carbocycles. The zero-order chi connectivity index (χ0) is 14.8. The molecule has 1 fully saturated rings. The van der Waals surface area contributed by atoms with Gasteiger partial charge in [-0.15, -0.1) is 0 Å². The molecule has 1 aliphatic rings. The molecule has 1 amide bonds. The van der Waals surface area contributed by atoms with Crippen molar-refractivity contribution in [3.8, 4) is 0 Å². The van der Waals surface area contributed by atoms with Gasteiger partial charge in [-0.05, 0) is 46.5 Å². The fraction of sp³-hybridized carbons (Fsp3) is 0.733. The molecule has 5 heteroatoms. The number of carbonyl (C=O) groups excluding carboxylic acids is 1. The number of aliphatic hydroxyl groups is 1. The van der Waals surface area contributed by atoms with Crippen LogP contribution in [0.4, 0.5) is 0 Å². The van der Waals surface area contributed by atoms with Crippen LogP contribution in [0.3, 0.4) is 0 Å². The molecule has 1 atom stereocenters. The smallest absolute Gasteiger partial charge is 0.222 e. The number of likely N-dealkylation sites (tertiary alicyclic amines) is 1. The van der Waals surface area contributed by atoms with Gasteiger partial charge in [0.2, 0.25) is 5.91 Å². The van der Waals surface area contributed by atoms with E-state index >= 15 is 0 Å². The standard InChI is InChI=1S/C15H24N2O3/c1-11-13(12(2)20-16-11)5-6-14(18)17-9-4-7-15(3,19)8-10-17/h19H,4-10H2,1-3H3. The van der Waals surface area contributed by atoms with Crippen LogP contribution in [0.15, 0.2) is 4.52 Å². The van der Waals surface area contributed by atoms with Crippen LogP contribution in [0, 0.1) is 13.8 Å². The molecule has 0 bridgehead atoms. The average Bonchev–Trinajstić information content (AvgIpc) is 2.59. The van der Waals surface area contributed by atoms with Gasteiger partial charge in [-0.1, -0.05) is 5.16 Å². The first-order chi connectivity index (χ1) is 9.39. The summed E-state index contributed by atoms with van der Waals surface area (Å²) in [4.78, 5) is 14.1. The van der Waals surface area contributed by atoms with Gasteiger partial charge in [-0.25, -0.2) is 0 Å². The van der Waals surface area contributed by atoms with Crippen LogP contribution >= 0.6 is 0 Å². The van der Waals surface area contributed by atoms with E-state index in [1.165, 1.54) is 0 Å². The van der Waals surface area contributed by atoms with E-state index in [2.05, 4.69) is 5.16 Å². The second kappa shape index (κ2) is 5.95. The average molecular weight is 280 g/mol. The minimum atomic E-state index is -0.628. The van der Waals surface area contributed by atoms with Gasteiger partial charge in [-0.3, -0.25) is 4.79 Å². The Kier molecular flexibility index (Phi) is 4.48. The van der Waals surface area contributed by atoms with Crippen molar-refractivity contribution in [1.82, 2.24) is 10.1 Å². The summed E-state index contributed by atoms with van der Waals surface area (Å²) in [6, 6.07) is 0. The third kappa shape index (κ3) is 3.60. The number of nitrogens with zero attached hydrogens (tertiary/aromatic N) is 2. The molecule has 1 aromatic rings. The molecule has 1 unspecified atom stereocenters. The maximum absolute atomic E-state index is 12.3. The fourth-order valence-electron chi connectivity index (χ4n) is 2.76. The summed E-state index contributed by atoms with van der Waals surface area (Å²) in [7, 11) is 0. The molecular weight excluding hydrogens is 256 g/mol. The second-order valence-electron chi connectivity index (χ2n) is 6.03. The van der Waals surface area contributed by atoms with E-state index in [1.54, 1.807) is 0 Å². The lowest BCUT2D eigenvalue weighted by molar-refractivity contribution is -0.131. The summed E-state index contributed by atoms with van der Waals surface area (Å²) in [6.07, 6.45) is 3.44. The van der Waals surface area contributed by atoms with Crippen LogP contribution < -0.4 is 0 Å². The Balaban J connectivity index is 1.89. The molecule has 0 aromatic carbocycles. The molecular formula is C15H24N2O3. The Morgan fingerprint density at radius 1 is 1.40 bits per heavy atom. The van der Waals surface area contributed by atoms with Gasteiger partial charge in [0.25, 0.3) is 0 Å². The van der Waals surface area contributed by atoms with Gasteiger partial charge in [0, 0.05) is 25.1 Å². The largest absolute Gasteiger partial charge is 0.390 e. The number of hydrogen-bond acceptors (Lipinski definition) is 4. The van der Waals surface area contributed by atoms with Crippen LogP contribution in [0.25, 0.3) is 0 Å². The predicted molar refractivity (Wildman–Crippen MR) is 75.4 cm³/mol. The van der Waals surface area contributed by atoms with E-state index in [0.29, 0.717) is 25.8 Å². The van der Waals surface area contributed by atoms with Crippen LogP contribution in [0.2, 0.25) is 0 Å². The lowest BCUT2D eigenvalue weighted by Crippen LogP contribution is -2.33. The van der Waals surface area contributed by atoms with Crippen molar-refractivity contribution in [1.29, 1.82) is 0 Å². The first-order valence-corrected chi connectivity index (χ1v) is 7.31. The first kappa shape index (κ1) is 15.0. The zero-order valence-corrected chi connectivity index (χ0v) is 12.6. The van der Waals surface area contributed by atoms with E-state index in [0.717, 1.165) is 36.4 Å². The van der Waals surface area contributed by atoms with Crippen LogP contribution in [0.5, 0.6) is 0 Å². The number of amides is 1. The Morgan fingerprint density at radius 3 is 2.80 bits per heavy atom. The number of carbonyl (C=O) groups is 1. The highest BCUT2D eigenvalue weighted by atomic mass is 16.5. The van der Waals surface area contributed by atoms with Gasteiger partial charge < -0.3 is 14.5 Å². The minimum Gasteiger partial charge on any atom is -0.390 e. The van der Waals surface area contributed by atoms with Crippen molar-refractivity contribution in [3.63, 3.8) is 0 Å². The molecule has 1 aliphatic heterocycles. The molecule has 1 aromatic heterocycles. The van der Waals surface area contributed by atoms with Gasteiger partial charge in [-0.2, -0.15) is 0 Å². The summed E-state index contributed by atoms with van der Waals surface area (Å²) < 4.78 is 5.11. The van der Waals surface area contributed by atoms with Crippen molar-refractivity contribution in [2.24, 2.45) is 0 Å². The molecule has 1 saturated heterocycles. The van der Waals surface area contributed by atoms with Crippen LogP contribution in [0.1, 0.15) is 49.6 Å². The predicted octanol–water partition coefficient (Wildman–Crippen LogP) is 1.99. The van der Waals surface area contributed by atoms with Gasteiger partial charge >= 0.3 is 0 Å². The molecule has 5 nitrogen and oxygen atoms in total. The monoisotopic (exact) mass is 280 g/mol. The van der Waals surface area contributed by atoms with Gasteiger partial charge in [0.1, 0.15) is 5.76 Å². The summed E-state index contributed by atoms with van der Waals surface area (Å²) >= 11 is 0. The number of hydrogen-bond donors (Lipinski definition) is 1. The minimum absolute atomic E-state index is 0.155. The lowest BCUT2D eigenvalue weighted by Gasteiger charge is -2.22. The highest BCUT2D eigenvalue weighted by Crippen LogP contribution is 2.22. The Morgan fingerprint density at radius 2 is 2.15 bits per heavy atom. The van der Waals surface area contributed by atoms with Gasteiger partial charge in [0.05, 0.1) is 11.3 Å². The number of aromatic nitrogens is 1. The van der Waals surface area contributed by atoms with Crippen LogP contribution in [-0.2, 0) is 11.2 Å². The molecule has 0 radical (unpaired) electrons. The third-order valence-corrected chi connectivity index (χ3v) is 4.19. The lowest BCUT2D eigenvalue weighted by atomic mass is 9.98. The van der Waals surface area contributed by atoms with Crippen molar-refractivity contribution in [2.45, 2.75) is 58.5 Å². The van der Waals surface area contributed by atoms with E-state index in [9.17, 15) is 9.90 Å². The van der Waals surface area contributed by atoms with E-state index < -0.39 is 5.60 Å². The molecule has 112 valence electrons. The third-order valence-electron chi connectivity index (χ3n) is 4.19. The van der Waals surface area contributed by atoms with Gasteiger partial charge in [0.15, 0.2) is 0 Å². The second-order valence-corrected chi connectivity index (χ2v) is 6.03. The normalized spacial score (nSPS) is 23.7. The van der Waals surface area contributed by atoms with Crippen LogP contribution in [-0.4, -0.2) is 39.8 Å². The first-order valence-electron chi connectivity index (χ1n) is 7.31. The summed E-state index contributed by atoms with van der Waals surface area (Å²) in [5.41, 5.74) is 1.28. The van der Waals surface area contributed by atoms with E-state index in [4.69, 9.17) is 4.52 Å². The quantitative estimate of drug-likeness (QED) is 0.919. The number of rotatable bonds is 3. The zero-order valence-electron chi connectivity index (χ0n) is 12.6. The Labute approximate surface area is 119 Å². The maximum Gasteiger partial charge on any atom is 0.222 e. The van der Waals surface area contributed by atoms with E-state index in [1.807, 2.05) is 25.7 Å². The number of aryl methyl sites for hydroxylation is 2. The molecule has 20 heavy (non-hydrogen) atoms. The topological polar surface area (TPSA) is 66.6 Å². The highest BCUT2D eigenvalue weighted by molar-refractivity contribution is 5.76. The highest BCUT2D eigenvalue weighted by Gasteiger charge is 2.27. The summed E-state index contributed by atoms with van der Waals surface area (Å²) in [5, 5.41) is 14.0. The van der Waals surface area contributed by atoms with Crippen molar-refractivity contribution in [3.05, 3.63) is 17.0 Å². The molecule has 2 rings (SSSR count). The Hall–Kier alpha value is -1.36. The molecule has 0 spiro atoms. The van der Waals surface area contributed by atoms with Crippen molar-refractivity contribution in [2.75, 3.05) is 13.1 Å². The maximum atomic E-state index is 12.3. The SMILES string of the molecule is Cc1noc(C)c1CCC(=O)N1CCCC(C)(O)CC1. The van der Waals surface area contributed by atoms with Crippen molar-refractivity contribution >= 4 is 5.91 Å². The molecule has 1 N–H and O–H groups in total. The Bertz CT molecular complexity index is 460. The molecule has 0 saturated carbocycles. The summed E-state index contributed by atoms with van der Waals surface area (Å²) in [5.74, 6) is 0.955.